The van der Waals surface area contributed by atoms with E-state index in [9.17, 15) is 5.26 Å². The van der Waals surface area contributed by atoms with Crippen LogP contribution in [0.5, 0.6) is 0 Å². The minimum absolute atomic E-state index is 0.260. The van der Waals surface area contributed by atoms with Crippen molar-refractivity contribution in [2.45, 2.75) is 39.8 Å². The van der Waals surface area contributed by atoms with Gasteiger partial charge in [-0.05, 0) is 42.2 Å². The Morgan fingerprint density at radius 3 is 2.44 bits per heavy atom. The normalized spacial score (nSPS) is 11.7. The summed E-state index contributed by atoms with van der Waals surface area (Å²) in [6.45, 7) is 7.37. The van der Waals surface area contributed by atoms with Crippen molar-refractivity contribution in [2.24, 2.45) is 7.05 Å². The van der Waals surface area contributed by atoms with Gasteiger partial charge in [-0.3, -0.25) is 4.68 Å². The molecule has 0 aliphatic carbocycles. The molecule has 0 saturated carbocycles. The maximum atomic E-state index is 9.62. The van der Waals surface area contributed by atoms with Crippen molar-refractivity contribution in [1.29, 1.82) is 5.26 Å². The zero-order chi connectivity index (χ0) is 25.8. The Morgan fingerprint density at radius 2 is 1.81 bits per heavy atom. The number of fused-ring (bicyclic) bond motifs is 1. The first-order valence-electron chi connectivity index (χ1n) is 11.6. The lowest BCUT2D eigenvalue weighted by atomic mass is 9.98. The Kier molecular flexibility index (Phi) is 7.78. The SMILES string of the molecule is Cc1nn(C)c2nc(CN(Cc3ccccc3)/C(=C\C#N)Nc3cc(Cl)nc(Cl)c3)cc(C(C)C)c12. The van der Waals surface area contributed by atoms with Crippen LogP contribution >= 0.6 is 23.2 Å². The van der Waals surface area contributed by atoms with Crippen molar-refractivity contribution in [1.82, 2.24) is 24.6 Å². The van der Waals surface area contributed by atoms with Crippen molar-refractivity contribution >= 4 is 39.9 Å². The molecule has 3 aromatic heterocycles. The fourth-order valence-corrected chi connectivity index (χ4v) is 4.71. The number of halogens is 2. The van der Waals surface area contributed by atoms with Gasteiger partial charge in [0.1, 0.15) is 16.1 Å². The summed E-state index contributed by atoms with van der Waals surface area (Å²) < 4.78 is 1.83. The molecular formula is C27H27Cl2N7. The average Bonchev–Trinajstić information content (AvgIpc) is 3.11. The number of aryl methyl sites for hydroxylation is 2. The Bertz CT molecular complexity index is 1430. The van der Waals surface area contributed by atoms with E-state index in [1.165, 1.54) is 11.6 Å². The van der Waals surface area contributed by atoms with Crippen LogP contribution in [0.25, 0.3) is 11.0 Å². The zero-order valence-corrected chi connectivity index (χ0v) is 22.1. The van der Waals surface area contributed by atoms with E-state index in [-0.39, 0.29) is 10.3 Å². The van der Waals surface area contributed by atoms with Crippen molar-refractivity contribution < 1.29 is 0 Å². The van der Waals surface area contributed by atoms with Gasteiger partial charge in [0.25, 0.3) is 0 Å². The van der Waals surface area contributed by atoms with Crippen LogP contribution < -0.4 is 5.32 Å². The van der Waals surface area contributed by atoms with Gasteiger partial charge in [-0.1, -0.05) is 67.4 Å². The van der Waals surface area contributed by atoms with Crippen LogP contribution in [-0.4, -0.2) is 24.6 Å². The Morgan fingerprint density at radius 1 is 1.11 bits per heavy atom. The number of hydrogen-bond acceptors (Lipinski definition) is 6. The van der Waals surface area contributed by atoms with E-state index >= 15 is 0 Å². The predicted molar refractivity (Wildman–Crippen MR) is 145 cm³/mol. The van der Waals surface area contributed by atoms with Crippen molar-refractivity contribution in [3.8, 4) is 6.07 Å². The van der Waals surface area contributed by atoms with Gasteiger partial charge in [0.2, 0.25) is 0 Å². The summed E-state index contributed by atoms with van der Waals surface area (Å²) in [4.78, 5) is 11.0. The number of allylic oxidation sites excluding steroid dienone is 1. The molecule has 184 valence electrons. The van der Waals surface area contributed by atoms with E-state index in [1.807, 2.05) is 36.9 Å². The zero-order valence-electron chi connectivity index (χ0n) is 20.6. The van der Waals surface area contributed by atoms with Crippen molar-refractivity contribution in [2.75, 3.05) is 5.32 Å². The number of rotatable bonds is 8. The number of nitrogens with zero attached hydrogens (tertiary/aromatic N) is 6. The van der Waals surface area contributed by atoms with Gasteiger partial charge < -0.3 is 10.2 Å². The molecule has 0 fully saturated rings. The summed E-state index contributed by atoms with van der Waals surface area (Å²) in [5, 5.41) is 19.1. The molecule has 7 nitrogen and oxygen atoms in total. The molecule has 0 bridgehead atoms. The average molecular weight is 520 g/mol. The van der Waals surface area contributed by atoms with Crippen LogP contribution in [0.4, 0.5) is 5.69 Å². The van der Waals surface area contributed by atoms with E-state index in [4.69, 9.17) is 28.2 Å². The third-order valence-electron chi connectivity index (χ3n) is 5.82. The lowest BCUT2D eigenvalue weighted by molar-refractivity contribution is 0.329. The van der Waals surface area contributed by atoms with Crippen molar-refractivity contribution in [3.63, 3.8) is 0 Å². The topological polar surface area (TPSA) is 82.7 Å². The molecule has 9 heteroatoms. The maximum Gasteiger partial charge on any atom is 0.158 e. The molecule has 4 rings (SSSR count). The third kappa shape index (κ3) is 5.78. The molecule has 0 unspecified atom stereocenters. The molecule has 0 saturated heterocycles. The summed E-state index contributed by atoms with van der Waals surface area (Å²) >= 11 is 12.2. The molecule has 1 aromatic carbocycles. The second-order valence-corrected chi connectivity index (χ2v) is 9.67. The highest BCUT2D eigenvalue weighted by molar-refractivity contribution is 6.32. The molecule has 4 aromatic rings. The Hall–Kier alpha value is -3.60. The monoisotopic (exact) mass is 519 g/mol. The third-order valence-corrected chi connectivity index (χ3v) is 6.21. The summed E-state index contributed by atoms with van der Waals surface area (Å²) in [5.41, 5.74) is 5.62. The van der Waals surface area contributed by atoms with Crippen LogP contribution in [-0.2, 0) is 20.1 Å². The van der Waals surface area contributed by atoms with E-state index < -0.39 is 0 Å². The maximum absolute atomic E-state index is 9.62. The number of aromatic nitrogens is 4. The number of pyridine rings is 2. The molecule has 0 aliphatic heterocycles. The number of nitrogens with one attached hydrogen (secondary N) is 1. The minimum atomic E-state index is 0.260. The molecule has 0 spiro atoms. The predicted octanol–water partition coefficient (Wildman–Crippen LogP) is 6.58. The lowest BCUT2D eigenvalue weighted by Crippen LogP contribution is -2.27. The van der Waals surface area contributed by atoms with Gasteiger partial charge in [0, 0.05) is 24.7 Å². The van der Waals surface area contributed by atoms with Gasteiger partial charge in [-0.25, -0.2) is 9.97 Å². The Balaban J connectivity index is 1.77. The second-order valence-electron chi connectivity index (χ2n) is 8.89. The molecule has 0 atom stereocenters. The number of nitriles is 1. The molecule has 0 radical (unpaired) electrons. The van der Waals surface area contributed by atoms with Gasteiger partial charge >= 0.3 is 0 Å². The van der Waals surface area contributed by atoms with Crippen molar-refractivity contribution in [3.05, 3.63) is 93.2 Å². The Labute approximate surface area is 221 Å². The quantitative estimate of drug-likeness (QED) is 0.209. The van der Waals surface area contributed by atoms with Crippen LogP contribution in [0.2, 0.25) is 10.3 Å². The summed E-state index contributed by atoms with van der Waals surface area (Å²) in [7, 11) is 1.91. The summed E-state index contributed by atoms with van der Waals surface area (Å²) in [6.07, 6.45) is 1.47. The fourth-order valence-electron chi connectivity index (χ4n) is 4.25. The molecule has 1 N–H and O–H groups in total. The van der Waals surface area contributed by atoms with Gasteiger partial charge in [-0.15, -0.1) is 0 Å². The van der Waals surface area contributed by atoms with Gasteiger partial charge in [0.15, 0.2) is 5.65 Å². The molecule has 36 heavy (non-hydrogen) atoms. The first-order chi connectivity index (χ1) is 17.2. The standard InChI is InChI=1S/C27H27Cl2N7/c1-17(2)22-12-21(32-27-26(22)18(3)34-35(27)4)16-36(15-19-8-6-5-7-9-19)25(10-11-30)31-20-13-23(28)33-24(29)14-20/h5-10,12-14,17H,15-16H2,1-4H3,(H,31,33)/b25-10-. The van der Waals surface area contributed by atoms with Crippen LogP contribution in [0.1, 0.15) is 42.3 Å². The van der Waals surface area contributed by atoms with E-state index in [2.05, 4.69) is 58.4 Å². The lowest BCUT2D eigenvalue weighted by Gasteiger charge is -2.28. The highest BCUT2D eigenvalue weighted by Gasteiger charge is 2.19. The number of anilines is 1. The van der Waals surface area contributed by atoms with E-state index in [0.717, 1.165) is 28.0 Å². The van der Waals surface area contributed by atoms with Gasteiger partial charge in [0.05, 0.1) is 30.1 Å². The van der Waals surface area contributed by atoms with Crippen LogP contribution in [0.3, 0.4) is 0 Å². The first kappa shape index (κ1) is 25.5. The fraction of sp³-hybridized carbons (Fsp3) is 0.259. The molecule has 0 aliphatic rings. The first-order valence-corrected chi connectivity index (χ1v) is 12.3. The molecular weight excluding hydrogens is 493 g/mol. The largest absolute Gasteiger partial charge is 0.347 e. The van der Waals surface area contributed by atoms with Gasteiger partial charge in [-0.2, -0.15) is 10.4 Å². The number of benzene rings is 1. The summed E-state index contributed by atoms with van der Waals surface area (Å²) in [6, 6.07) is 17.7. The van der Waals surface area contributed by atoms with E-state index in [1.54, 1.807) is 12.1 Å². The summed E-state index contributed by atoms with van der Waals surface area (Å²) in [5.74, 6) is 0.891. The highest BCUT2D eigenvalue weighted by Crippen LogP contribution is 2.29. The molecule has 0 amide bonds. The van der Waals surface area contributed by atoms with Crippen LogP contribution in [0, 0.1) is 18.3 Å². The molecule has 3 heterocycles. The van der Waals surface area contributed by atoms with E-state index in [0.29, 0.717) is 30.5 Å². The highest BCUT2D eigenvalue weighted by atomic mass is 35.5. The van der Waals surface area contributed by atoms with Crippen LogP contribution in [0.15, 0.2) is 60.4 Å². The minimum Gasteiger partial charge on any atom is -0.347 e. The number of hydrogen-bond donors (Lipinski definition) is 1. The smallest absolute Gasteiger partial charge is 0.158 e. The second kappa shape index (κ2) is 11.0.